The molecule has 0 fully saturated rings. The van der Waals surface area contributed by atoms with E-state index >= 15 is 0 Å². The summed E-state index contributed by atoms with van der Waals surface area (Å²) in [7, 11) is 0. The molecule has 3 aromatic carbocycles. The monoisotopic (exact) mass is 313 g/mol. The summed E-state index contributed by atoms with van der Waals surface area (Å²) >= 11 is 1.74. The Morgan fingerprint density at radius 2 is 1.35 bits per heavy atom. The molecule has 0 saturated carbocycles. The van der Waals surface area contributed by atoms with Crippen LogP contribution in [-0.2, 0) is 0 Å². The second kappa shape index (κ2) is 6.19. The zero-order valence-corrected chi connectivity index (χ0v) is 13.3. The molecular formula is C21H15NS. The van der Waals surface area contributed by atoms with Gasteiger partial charge in [-0.2, -0.15) is 0 Å². The van der Waals surface area contributed by atoms with Crippen molar-refractivity contribution >= 4 is 32.6 Å². The smallest absolute Gasteiger partial charge is 0.125 e. The van der Waals surface area contributed by atoms with Crippen LogP contribution in [0.15, 0.2) is 89.9 Å². The fourth-order valence-corrected chi connectivity index (χ4v) is 3.75. The Kier molecular flexibility index (Phi) is 3.75. The highest BCUT2D eigenvalue weighted by Crippen LogP contribution is 2.44. The second-order valence-corrected chi connectivity index (χ2v) is 6.34. The van der Waals surface area contributed by atoms with Gasteiger partial charge in [-0.3, -0.25) is 0 Å². The van der Waals surface area contributed by atoms with Gasteiger partial charge in [0.1, 0.15) is 5.00 Å². The van der Waals surface area contributed by atoms with Crippen LogP contribution in [0.2, 0.25) is 0 Å². The SMILES string of the molecule is C(=N/c1sc2ccccc2c1-c1ccccc1)/c1ccccc1. The van der Waals surface area contributed by atoms with Crippen LogP contribution in [0.1, 0.15) is 5.56 Å². The fraction of sp³-hybridized carbons (Fsp3) is 0. The highest BCUT2D eigenvalue weighted by atomic mass is 32.1. The molecule has 0 amide bonds. The van der Waals surface area contributed by atoms with Crippen molar-refractivity contribution in [3.05, 3.63) is 90.5 Å². The maximum Gasteiger partial charge on any atom is 0.125 e. The minimum absolute atomic E-state index is 1.06. The summed E-state index contributed by atoms with van der Waals surface area (Å²) in [4.78, 5) is 4.78. The minimum Gasteiger partial charge on any atom is -0.245 e. The predicted octanol–water partition coefficient (Wildman–Crippen LogP) is 6.32. The number of rotatable bonds is 3. The molecule has 0 aliphatic rings. The summed E-state index contributed by atoms with van der Waals surface area (Å²) in [5, 5.41) is 2.32. The highest BCUT2D eigenvalue weighted by Gasteiger charge is 2.12. The molecule has 0 N–H and O–H groups in total. The molecule has 4 rings (SSSR count). The first-order valence-electron chi connectivity index (χ1n) is 7.58. The normalized spacial score (nSPS) is 11.3. The summed E-state index contributed by atoms with van der Waals surface area (Å²) in [5.41, 5.74) is 3.55. The van der Waals surface area contributed by atoms with Crippen LogP contribution in [0.3, 0.4) is 0 Å². The summed E-state index contributed by atoms with van der Waals surface area (Å²) in [6.07, 6.45) is 1.94. The molecular weight excluding hydrogens is 298 g/mol. The van der Waals surface area contributed by atoms with E-state index in [1.807, 2.05) is 30.5 Å². The van der Waals surface area contributed by atoms with E-state index in [4.69, 9.17) is 4.99 Å². The summed E-state index contributed by atoms with van der Waals surface area (Å²) < 4.78 is 1.27. The molecule has 1 heterocycles. The van der Waals surface area contributed by atoms with Gasteiger partial charge in [-0.15, -0.1) is 11.3 Å². The molecule has 0 unspecified atom stereocenters. The third-order valence-electron chi connectivity index (χ3n) is 3.77. The lowest BCUT2D eigenvalue weighted by atomic mass is 10.0. The Morgan fingerprint density at radius 3 is 2.13 bits per heavy atom. The number of hydrogen-bond acceptors (Lipinski definition) is 2. The van der Waals surface area contributed by atoms with E-state index in [9.17, 15) is 0 Å². The van der Waals surface area contributed by atoms with Crippen molar-refractivity contribution < 1.29 is 0 Å². The van der Waals surface area contributed by atoms with Gasteiger partial charge in [0.05, 0.1) is 0 Å². The van der Waals surface area contributed by atoms with Gasteiger partial charge >= 0.3 is 0 Å². The van der Waals surface area contributed by atoms with Gasteiger partial charge in [-0.05, 0) is 17.2 Å². The molecule has 0 aliphatic carbocycles. The van der Waals surface area contributed by atoms with Gasteiger partial charge in [-0.1, -0.05) is 78.9 Å². The van der Waals surface area contributed by atoms with Gasteiger partial charge < -0.3 is 0 Å². The molecule has 110 valence electrons. The van der Waals surface area contributed by atoms with E-state index in [-0.39, 0.29) is 0 Å². The predicted molar refractivity (Wildman–Crippen MR) is 101 cm³/mol. The van der Waals surface area contributed by atoms with Crippen molar-refractivity contribution in [1.82, 2.24) is 0 Å². The maximum absolute atomic E-state index is 4.78. The average Bonchev–Trinajstić information content (AvgIpc) is 3.00. The first-order chi connectivity index (χ1) is 11.4. The first-order valence-corrected chi connectivity index (χ1v) is 8.39. The Hall–Kier alpha value is -2.71. The number of benzene rings is 3. The van der Waals surface area contributed by atoms with E-state index in [1.54, 1.807) is 11.3 Å². The van der Waals surface area contributed by atoms with Crippen LogP contribution >= 0.6 is 11.3 Å². The van der Waals surface area contributed by atoms with Crippen molar-refractivity contribution in [3.63, 3.8) is 0 Å². The summed E-state index contributed by atoms with van der Waals surface area (Å²) in [6, 6.07) is 29.2. The zero-order chi connectivity index (χ0) is 15.5. The molecule has 2 heteroatoms. The van der Waals surface area contributed by atoms with E-state index in [2.05, 4.69) is 60.7 Å². The average molecular weight is 313 g/mol. The molecule has 23 heavy (non-hydrogen) atoms. The largest absolute Gasteiger partial charge is 0.245 e. The minimum atomic E-state index is 1.06. The molecule has 1 aromatic heterocycles. The van der Waals surface area contributed by atoms with Crippen molar-refractivity contribution in [2.24, 2.45) is 4.99 Å². The molecule has 4 aromatic rings. The number of hydrogen-bond donors (Lipinski definition) is 0. The van der Waals surface area contributed by atoms with Crippen LogP contribution in [0.4, 0.5) is 5.00 Å². The number of thiophene rings is 1. The van der Waals surface area contributed by atoms with Crippen LogP contribution in [0, 0.1) is 0 Å². The number of fused-ring (bicyclic) bond motifs is 1. The number of aliphatic imine (C=N–C) groups is 1. The topological polar surface area (TPSA) is 12.4 Å². The highest BCUT2D eigenvalue weighted by molar-refractivity contribution is 7.23. The van der Waals surface area contributed by atoms with Crippen molar-refractivity contribution in [1.29, 1.82) is 0 Å². The van der Waals surface area contributed by atoms with E-state index < -0.39 is 0 Å². The van der Waals surface area contributed by atoms with E-state index in [0.717, 1.165) is 10.6 Å². The standard InChI is InChI=1S/C21H15NS/c1-3-9-16(10-4-1)15-22-21-20(17-11-5-2-6-12-17)18-13-7-8-14-19(18)23-21/h1-15H/b22-15-. The maximum atomic E-state index is 4.78. The molecule has 0 bridgehead atoms. The molecule has 0 spiro atoms. The summed E-state index contributed by atoms with van der Waals surface area (Å²) in [6.45, 7) is 0. The van der Waals surface area contributed by atoms with Crippen LogP contribution in [0.25, 0.3) is 21.2 Å². The quantitative estimate of drug-likeness (QED) is 0.392. The Balaban J connectivity index is 1.88. The third-order valence-corrected chi connectivity index (χ3v) is 4.85. The van der Waals surface area contributed by atoms with Crippen molar-refractivity contribution in [2.45, 2.75) is 0 Å². The lowest BCUT2D eigenvalue weighted by molar-refractivity contribution is 1.59. The van der Waals surface area contributed by atoms with Crippen molar-refractivity contribution in [3.8, 4) is 11.1 Å². The van der Waals surface area contributed by atoms with Crippen LogP contribution in [0.5, 0.6) is 0 Å². The second-order valence-electron chi connectivity index (χ2n) is 5.31. The van der Waals surface area contributed by atoms with Gasteiger partial charge in [0, 0.05) is 21.9 Å². The molecule has 1 nitrogen and oxygen atoms in total. The first kappa shape index (κ1) is 13.9. The third kappa shape index (κ3) is 2.81. The molecule has 0 atom stereocenters. The Labute approximate surface area is 139 Å². The lowest BCUT2D eigenvalue weighted by Crippen LogP contribution is -1.79. The van der Waals surface area contributed by atoms with Gasteiger partial charge in [0.15, 0.2) is 0 Å². The lowest BCUT2D eigenvalue weighted by Gasteiger charge is -2.01. The van der Waals surface area contributed by atoms with Crippen molar-refractivity contribution in [2.75, 3.05) is 0 Å². The van der Waals surface area contributed by atoms with Crippen LogP contribution in [-0.4, -0.2) is 6.21 Å². The Morgan fingerprint density at radius 1 is 0.696 bits per heavy atom. The van der Waals surface area contributed by atoms with Gasteiger partial charge in [-0.25, -0.2) is 4.99 Å². The van der Waals surface area contributed by atoms with Gasteiger partial charge in [0.2, 0.25) is 0 Å². The molecule has 0 radical (unpaired) electrons. The Bertz CT molecular complexity index is 953. The summed E-state index contributed by atoms with van der Waals surface area (Å²) in [5.74, 6) is 0. The fourth-order valence-electron chi connectivity index (χ4n) is 2.68. The molecule has 0 saturated heterocycles. The zero-order valence-electron chi connectivity index (χ0n) is 12.5. The van der Waals surface area contributed by atoms with Gasteiger partial charge in [0.25, 0.3) is 0 Å². The van der Waals surface area contributed by atoms with E-state index in [1.165, 1.54) is 21.2 Å². The van der Waals surface area contributed by atoms with E-state index in [0.29, 0.717) is 0 Å². The molecule has 0 aliphatic heterocycles. The number of nitrogens with zero attached hydrogens (tertiary/aromatic N) is 1. The van der Waals surface area contributed by atoms with Crippen LogP contribution < -0.4 is 0 Å².